The molecule has 0 fully saturated rings. The van der Waals surface area contributed by atoms with Gasteiger partial charge in [-0.1, -0.05) is 11.8 Å². The molecule has 0 aromatic heterocycles. The number of aromatic hydroxyl groups is 2. The molecule has 2 rings (SSSR count). The van der Waals surface area contributed by atoms with E-state index in [-0.39, 0.29) is 5.75 Å². The standard InChI is InChI=1S/C14H14O2S2/c1-17-9-10-8-12(16)4-7-14(10)18-13-5-2-11(15)3-6-13/h2-8,15-16H,9H2,1H3. The minimum absolute atomic E-state index is 0.273. The first-order valence-electron chi connectivity index (χ1n) is 5.47. The van der Waals surface area contributed by atoms with Crippen molar-refractivity contribution < 1.29 is 10.2 Å². The minimum Gasteiger partial charge on any atom is -0.508 e. The first-order valence-corrected chi connectivity index (χ1v) is 7.68. The lowest BCUT2D eigenvalue weighted by Gasteiger charge is -2.09. The summed E-state index contributed by atoms with van der Waals surface area (Å²) >= 11 is 3.36. The molecule has 0 aliphatic heterocycles. The third kappa shape index (κ3) is 3.37. The normalized spacial score (nSPS) is 10.5. The molecule has 2 aromatic carbocycles. The summed E-state index contributed by atoms with van der Waals surface area (Å²) in [6, 6.07) is 12.6. The molecule has 4 heteroatoms. The average Bonchev–Trinajstić information content (AvgIpc) is 2.36. The van der Waals surface area contributed by atoms with Crippen molar-refractivity contribution in [2.45, 2.75) is 15.5 Å². The Bertz CT molecular complexity index is 524. The number of phenolic OH excluding ortho intramolecular Hbond substituents is 2. The highest BCUT2D eigenvalue weighted by atomic mass is 32.2. The zero-order chi connectivity index (χ0) is 13.0. The van der Waals surface area contributed by atoms with Gasteiger partial charge in [0, 0.05) is 15.5 Å². The Morgan fingerprint density at radius 1 is 0.944 bits per heavy atom. The lowest BCUT2D eigenvalue weighted by molar-refractivity contribution is 0.474. The zero-order valence-corrected chi connectivity index (χ0v) is 11.6. The van der Waals surface area contributed by atoms with E-state index in [0.29, 0.717) is 5.75 Å². The van der Waals surface area contributed by atoms with E-state index in [0.717, 1.165) is 21.1 Å². The summed E-state index contributed by atoms with van der Waals surface area (Å²) in [4.78, 5) is 2.20. The molecule has 18 heavy (non-hydrogen) atoms. The third-order valence-electron chi connectivity index (χ3n) is 2.41. The SMILES string of the molecule is CSCc1cc(O)ccc1Sc1ccc(O)cc1. The number of benzene rings is 2. The fraction of sp³-hybridized carbons (Fsp3) is 0.143. The van der Waals surface area contributed by atoms with Gasteiger partial charge < -0.3 is 10.2 Å². The molecule has 2 nitrogen and oxygen atoms in total. The van der Waals surface area contributed by atoms with Crippen LogP contribution in [0.5, 0.6) is 11.5 Å². The molecule has 0 saturated carbocycles. The fourth-order valence-electron chi connectivity index (χ4n) is 1.57. The van der Waals surface area contributed by atoms with Crippen LogP contribution in [0.4, 0.5) is 0 Å². The van der Waals surface area contributed by atoms with Gasteiger partial charge in [-0.25, -0.2) is 0 Å². The summed E-state index contributed by atoms with van der Waals surface area (Å²) in [5, 5.41) is 18.8. The van der Waals surface area contributed by atoms with Crippen LogP contribution in [0.1, 0.15) is 5.56 Å². The van der Waals surface area contributed by atoms with Gasteiger partial charge >= 0.3 is 0 Å². The molecule has 94 valence electrons. The summed E-state index contributed by atoms with van der Waals surface area (Å²) in [6.45, 7) is 0. The zero-order valence-electron chi connectivity index (χ0n) is 9.96. The molecular formula is C14H14O2S2. The predicted molar refractivity (Wildman–Crippen MR) is 77.6 cm³/mol. The molecule has 0 aliphatic rings. The van der Waals surface area contributed by atoms with Crippen molar-refractivity contribution in [2.24, 2.45) is 0 Å². The smallest absolute Gasteiger partial charge is 0.115 e. The van der Waals surface area contributed by atoms with Crippen LogP contribution in [0.3, 0.4) is 0 Å². The van der Waals surface area contributed by atoms with Crippen LogP contribution in [-0.2, 0) is 5.75 Å². The third-order valence-corrected chi connectivity index (χ3v) is 4.13. The van der Waals surface area contributed by atoms with Crippen molar-refractivity contribution in [1.29, 1.82) is 0 Å². The molecule has 0 radical (unpaired) electrons. The van der Waals surface area contributed by atoms with Gasteiger partial charge in [-0.3, -0.25) is 0 Å². The van der Waals surface area contributed by atoms with E-state index in [1.807, 2.05) is 24.5 Å². The van der Waals surface area contributed by atoms with Gasteiger partial charge in [-0.15, -0.1) is 0 Å². The highest BCUT2D eigenvalue weighted by Gasteiger charge is 2.05. The van der Waals surface area contributed by atoms with Crippen LogP contribution in [0.2, 0.25) is 0 Å². The summed E-state index contributed by atoms with van der Waals surface area (Å²) in [5.41, 5.74) is 1.13. The largest absolute Gasteiger partial charge is 0.508 e. The van der Waals surface area contributed by atoms with Crippen molar-refractivity contribution >= 4 is 23.5 Å². The Morgan fingerprint density at radius 2 is 1.61 bits per heavy atom. The quantitative estimate of drug-likeness (QED) is 0.883. The summed E-state index contributed by atoms with van der Waals surface area (Å²) in [5.74, 6) is 1.44. The highest BCUT2D eigenvalue weighted by molar-refractivity contribution is 7.99. The van der Waals surface area contributed by atoms with Gasteiger partial charge in [0.25, 0.3) is 0 Å². The molecular weight excluding hydrogens is 264 g/mol. The van der Waals surface area contributed by atoms with Crippen LogP contribution >= 0.6 is 23.5 Å². The Labute approximate surface area is 115 Å². The van der Waals surface area contributed by atoms with Gasteiger partial charge in [0.15, 0.2) is 0 Å². The minimum atomic E-state index is 0.273. The molecule has 0 unspecified atom stereocenters. The van der Waals surface area contributed by atoms with Gasteiger partial charge in [-0.2, -0.15) is 11.8 Å². The first-order chi connectivity index (χ1) is 8.69. The number of hydrogen-bond acceptors (Lipinski definition) is 4. The lowest BCUT2D eigenvalue weighted by Crippen LogP contribution is -1.85. The first kappa shape index (κ1) is 13.2. The van der Waals surface area contributed by atoms with Crippen molar-refractivity contribution in [3.8, 4) is 11.5 Å². The maximum absolute atomic E-state index is 9.52. The van der Waals surface area contributed by atoms with Crippen LogP contribution in [0.25, 0.3) is 0 Å². The van der Waals surface area contributed by atoms with Crippen LogP contribution < -0.4 is 0 Å². The molecule has 0 spiro atoms. The van der Waals surface area contributed by atoms with Gasteiger partial charge in [0.2, 0.25) is 0 Å². The Kier molecular flexibility index (Phi) is 4.44. The van der Waals surface area contributed by atoms with E-state index in [4.69, 9.17) is 0 Å². The number of phenols is 2. The predicted octanol–water partition coefficient (Wildman–Crippen LogP) is 4.11. The van der Waals surface area contributed by atoms with Gasteiger partial charge in [0.05, 0.1) is 0 Å². The molecule has 2 aromatic rings. The summed E-state index contributed by atoms with van der Waals surface area (Å²) in [6.07, 6.45) is 2.04. The van der Waals surface area contributed by atoms with E-state index in [9.17, 15) is 10.2 Å². The molecule has 0 atom stereocenters. The molecule has 0 amide bonds. The van der Waals surface area contributed by atoms with Crippen molar-refractivity contribution in [1.82, 2.24) is 0 Å². The van der Waals surface area contributed by atoms with Gasteiger partial charge in [-0.05, 0) is 54.3 Å². The topological polar surface area (TPSA) is 40.5 Å². The fourth-order valence-corrected chi connectivity index (χ4v) is 3.14. The monoisotopic (exact) mass is 278 g/mol. The molecule has 0 saturated heterocycles. The number of rotatable bonds is 4. The second kappa shape index (κ2) is 6.07. The molecule has 2 N–H and O–H groups in total. The van der Waals surface area contributed by atoms with E-state index < -0.39 is 0 Å². The van der Waals surface area contributed by atoms with Crippen molar-refractivity contribution in [2.75, 3.05) is 6.26 Å². The van der Waals surface area contributed by atoms with Crippen LogP contribution in [0.15, 0.2) is 52.3 Å². The molecule has 0 aliphatic carbocycles. The van der Waals surface area contributed by atoms with Crippen LogP contribution in [-0.4, -0.2) is 16.5 Å². The average molecular weight is 278 g/mol. The van der Waals surface area contributed by atoms with Crippen LogP contribution in [0, 0.1) is 0 Å². The Morgan fingerprint density at radius 3 is 2.28 bits per heavy atom. The van der Waals surface area contributed by atoms with Gasteiger partial charge in [0.1, 0.15) is 11.5 Å². The second-order valence-electron chi connectivity index (χ2n) is 3.82. The van der Waals surface area contributed by atoms with Crippen molar-refractivity contribution in [3.63, 3.8) is 0 Å². The van der Waals surface area contributed by atoms with E-state index >= 15 is 0 Å². The maximum atomic E-state index is 9.52. The second-order valence-corrected chi connectivity index (χ2v) is 5.80. The summed E-state index contributed by atoms with van der Waals surface area (Å²) < 4.78 is 0. The van der Waals surface area contributed by atoms with E-state index in [1.165, 1.54) is 0 Å². The number of thioether (sulfide) groups is 1. The molecule has 0 heterocycles. The Hall–Kier alpha value is -1.26. The Balaban J connectivity index is 2.25. The summed E-state index contributed by atoms with van der Waals surface area (Å²) in [7, 11) is 0. The van der Waals surface area contributed by atoms with Crippen molar-refractivity contribution in [3.05, 3.63) is 48.0 Å². The number of hydrogen-bond donors (Lipinski definition) is 2. The molecule has 0 bridgehead atoms. The van der Waals surface area contributed by atoms with E-state index in [1.54, 1.807) is 47.8 Å². The maximum Gasteiger partial charge on any atom is 0.115 e. The van der Waals surface area contributed by atoms with E-state index in [2.05, 4.69) is 0 Å². The lowest BCUT2D eigenvalue weighted by atomic mass is 10.2. The highest BCUT2D eigenvalue weighted by Crippen LogP contribution is 2.34.